The van der Waals surface area contributed by atoms with Crippen molar-refractivity contribution in [2.45, 2.75) is 89.0 Å². The van der Waals surface area contributed by atoms with Gasteiger partial charge in [0.25, 0.3) is 12.3 Å². The van der Waals surface area contributed by atoms with E-state index in [0.29, 0.717) is 48.8 Å². The number of halogens is 2. The van der Waals surface area contributed by atoms with Crippen LogP contribution in [0.5, 0.6) is 5.75 Å². The molecule has 3 saturated heterocycles. The van der Waals surface area contributed by atoms with E-state index in [0.717, 1.165) is 78.4 Å². The van der Waals surface area contributed by atoms with Crippen LogP contribution in [0.1, 0.15) is 84.2 Å². The molecule has 13 nitrogen and oxygen atoms in total. The van der Waals surface area contributed by atoms with Crippen molar-refractivity contribution in [1.82, 2.24) is 35.0 Å². The number of piperidine rings is 1. The molecule has 2 aromatic carbocycles. The number of H-pyrrole nitrogens is 1. The normalized spacial score (nSPS) is 26.8. The van der Waals surface area contributed by atoms with Crippen LogP contribution in [0.2, 0.25) is 0 Å². The van der Waals surface area contributed by atoms with Crippen LogP contribution in [0.3, 0.4) is 0 Å². The van der Waals surface area contributed by atoms with Crippen LogP contribution in [0.25, 0.3) is 10.9 Å². The number of aromatic nitrogens is 3. The lowest BCUT2D eigenvalue weighted by Gasteiger charge is -2.54. The molecule has 314 valence electrons. The summed E-state index contributed by atoms with van der Waals surface area (Å²) < 4.78 is 34.2. The molecule has 4 fully saturated rings. The molecule has 4 aromatic rings. The fourth-order valence-electron chi connectivity index (χ4n) is 11.7. The van der Waals surface area contributed by atoms with Crippen LogP contribution in [0.4, 0.5) is 20.4 Å². The van der Waals surface area contributed by atoms with Crippen LogP contribution in [0.15, 0.2) is 48.8 Å². The molecular weight excluding hydrogens is 769 g/mol. The quantitative estimate of drug-likeness (QED) is 0.249. The van der Waals surface area contributed by atoms with Gasteiger partial charge in [0, 0.05) is 103 Å². The van der Waals surface area contributed by atoms with E-state index in [9.17, 15) is 23.2 Å². The van der Waals surface area contributed by atoms with Crippen molar-refractivity contribution in [2.24, 2.45) is 11.3 Å². The first-order chi connectivity index (χ1) is 29.1. The van der Waals surface area contributed by atoms with Crippen molar-refractivity contribution in [3.63, 3.8) is 0 Å². The summed E-state index contributed by atoms with van der Waals surface area (Å²) in [6.07, 6.45) is 7.33. The molecule has 11 rings (SSSR count). The van der Waals surface area contributed by atoms with Gasteiger partial charge < -0.3 is 24.4 Å². The molecule has 1 unspecified atom stereocenters. The van der Waals surface area contributed by atoms with Gasteiger partial charge in [0.2, 0.25) is 17.8 Å². The number of fused-ring (bicyclic) bond motifs is 8. The van der Waals surface area contributed by atoms with E-state index >= 15 is 0 Å². The maximum atomic E-state index is 13.9. The number of amides is 3. The summed E-state index contributed by atoms with van der Waals surface area (Å²) in [7, 11) is 0. The number of carbonyl (C=O) groups is 3. The molecule has 2 aromatic heterocycles. The zero-order valence-corrected chi connectivity index (χ0v) is 33.9. The number of anilines is 2. The minimum absolute atomic E-state index is 0.0534. The van der Waals surface area contributed by atoms with Crippen LogP contribution in [-0.4, -0.2) is 124 Å². The zero-order chi connectivity index (χ0) is 40.9. The second-order valence-electron chi connectivity index (χ2n) is 18.5. The second kappa shape index (κ2) is 14.5. The Bertz CT molecular complexity index is 2360. The molecule has 7 aliphatic rings. The lowest BCUT2D eigenvalue weighted by Crippen LogP contribution is -2.59. The Hall–Kier alpha value is -5.15. The Morgan fingerprint density at radius 1 is 0.967 bits per heavy atom. The molecule has 3 amide bonds. The smallest absolute Gasteiger partial charge is 0.255 e. The van der Waals surface area contributed by atoms with E-state index in [1.54, 1.807) is 4.90 Å². The highest BCUT2D eigenvalue weighted by molar-refractivity contribution is 6.06. The minimum Gasteiger partial charge on any atom is -0.489 e. The Kier molecular flexibility index (Phi) is 9.14. The van der Waals surface area contributed by atoms with E-state index in [1.165, 1.54) is 31.2 Å². The summed E-state index contributed by atoms with van der Waals surface area (Å²) in [6, 6.07) is 11.2. The summed E-state index contributed by atoms with van der Waals surface area (Å²) in [5.74, 6) is 1.25. The minimum atomic E-state index is -2.44. The van der Waals surface area contributed by atoms with Crippen molar-refractivity contribution < 1.29 is 27.9 Å². The first-order valence-corrected chi connectivity index (χ1v) is 21.7. The number of aromatic amines is 1. The Morgan fingerprint density at radius 2 is 1.77 bits per heavy atom. The summed E-state index contributed by atoms with van der Waals surface area (Å²) in [5, 5.41) is 3.54. The number of carbonyl (C=O) groups excluding carboxylic acids is 3. The third-order valence-electron chi connectivity index (χ3n) is 14.8. The highest BCUT2D eigenvalue weighted by Crippen LogP contribution is 2.48. The van der Waals surface area contributed by atoms with Crippen LogP contribution in [-0.2, 0) is 22.6 Å². The van der Waals surface area contributed by atoms with E-state index in [1.807, 2.05) is 54.5 Å². The zero-order valence-electron chi connectivity index (χ0n) is 33.9. The van der Waals surface area contributed by atoms with Gasteiger partial charge in [0.05, 0.1) is 30.9 Å². The fraction of sp³-hybridized carbons (Fsp3) is 0.533. The number of alkyl halides is 2. The van der Waals surface area contributed by atoms with Gasteiger partial charge in [-0.1, -0.05) is 18.2 Å². The molecule has 1 spiro atoms. The van der Waals surface area contributed by atoms with Gasteiger partial charge in [-0.25, -0.2) is 18.7 Å². The molecule has 0 radical (unpaired) electrons. The Balaban J connectivity index is 0.691. The molecule has 2 N–H and O–H groups in total. The van der Waals surface area contributed by atoms with Gasteiger partial charge in [-0.15, -0.1) is 0 Å². The van der Waals surface area contributed by atoms with Crippen LogP contribution in [0, 0.1) is 11.3 Å². The number of hydrogen-bond acceptors (Lipinski definition) is 10. The number of ether oxygens (including phenoxy) is 1. The average Bonchev–Trinajstić information content (AvgIpc) is 3.77. The largest absolute Gasteiger partial charge is 0.489 e. The van der Waals surface area contributed by atoms with Crippen molar-refractivity contribution in [1.29, 1.82) is 0 Å². The van der Waals surface area contributed by atoms with E-state index in [4.69, 9.17) is 14.7 Å². The van der Waals surface area contributed by atoms with Crippen molar-refractivity contribution in [3.8, 4) is 5.75 Å². The van der Waals surface area contributed by atoms with E-state index in [-0.39, 0.29) is 42.9 Å². The van der Waals surface area contributed by atoms with E-state index < -0.39 is 18.4 Å². The standard InChI is InChI=1S/C45H51F2N9O4/c1-26-16-32-30-4-2-3-5-34(30)50-39(32)40(55(26)22-37(46)47)28-17-48-44(49-18-28)53-24-45(25-53)12-10-27(11-13-45)19-52-14-15-54-29(20-52)23-60-41-33-21-56(36-8-9-38(57)51-42(36)58)43(59)31(33)6-7-35(41)54/h2-7,17-18,26-27,29,36-37,40,50H,8-16,19-25H2,1H3,(H,51,57,58)/t26-,29-,36?,40-/m1/s1. The number of nitrogens with one attached hydrogen (secondary N) is 2. The predicted octanol–water partition coefficient (Wildman–Crippen LogP) is 4.90. The second-order valence-corrected chi connectivity index (χ2v) is 18.5. The Labute approximate surface area is 347 Å². The maximum Gasteiger partial charge on any atom is 0.255 e. The van der Waals surface area contributed by atoms with Crippen LogP contribution < -0.4 is 19.9 Å². The molecule has 8 heterocycles. The first-order valence-electron chi connectivity index (χ1n) is 21.7. The van der Waals surface area contributed by atoms with Gasteiger partial charge in [-0.3, -0.25) is 29.5 Å². The van der Waals surface area contributed by atoms with Gasteiger partial charge >= 0.3 is 0 Å². The molecule has 15 heteroatoms. The molecule has 6 aliphatic heterocycles. The summed E-state index contributed by atoms with van der Waals surface area (Å²) >= 11 is 0. The highest BCUT2D eigenvalue weighted by Gasteiger charge is 2.47. The molecule has 0 bridgehead atoms. The first kappa shape index (κ1) is 37.8. The molecule has 4 atom stereocenters. The molecule has 60 heavy (non-hydrogen) atoms. The SMILES string of the molecule is C[C@@H]1Cc2c([nH]c3ccccc23)[C@@H](c2cnc(N3CC4(CCC(CN5CCN6c7ccc8c(c7OC[C@H]6C5)CN(C5CCC(=O)NC5=O)C8=O)CC4)C3)nc2)N1CC(F)F. The van der Waals surface area contributed by atoms with Crippen molar-refractivity contribution in [2.75, 3.05) is 62.2 Å². The molecule has 1 saturated carbocycles. The van der Waals surface area contributed by atoms with Gasteiger partial charge in [0.15, 0.2) is 0 Å². The number of imide groups is 1. The van der Waals surface area contributed by atoms with Gasteiger partial charge in [0.1, 0.15) is 18.4 Å². The van der Waals surface area contributed by atoms with Crippen molar-refractivity contribution >= 4 is 40.3 Å². The average molecular weight is 820 g/mol. The number of rotatable bonds is 7. The van der Waals surface area contributed by atoms with Crippen molar-refractivity contribution in [3.05, 3.63) is 76.7 Å². The van der Waals surface area contributed by atoms with Gasteiger partial charge in [-0.2, -0.15) is 0 Å². The highest BCUT2D eigenvalue weighted by atomic mass is 19.3. The number of hydrogen-bond donors (Lipinski definition) is 2. The number of piperazine rings is 1. The summed E-state index contributed by atoms with van der Waals surface area (Å²) in [6.45, 7) is 8.36. The fourth-order valence-corrected chi connectivity index (χ4v) is 11.7. The number of nitrogens with zero attached hydrogens (tertiary/aromatic N) is 7. The Morgan fingerprint density at radius 3 is 2.55 bits per heavy atom. The molecule has 1 aliphatic carbocycles. The maximum absolute atomic E-state index is 13.9. The lowest BCUT2D eigenvalue weighted by atomic mass is 9.66. The monoisotopic (exact) mass is 819 g/mol. The number of benzene rings is 2. The van der Waals surface area contributed by atoms with E-state index in [2.05, 4.69) is 31.1 Å². The predicted molar refractivity (Wildman–Crippen MR) is 220 cm³/mol. The summed E-state index contributed by atoms with van der Waals surface area (Å²) in [5.41, 5.74) is 6.76. The molecular formula is C45H51F2N9O4. The summed E-state index contributed by atoms with van der Waals surface area (Å²) in [4.78, 5) is 61.7. The third-order valence-corrected chi connectivity index (χ3v) is 14.8. The third kappa shape index (κ3) is 6.33. The lowest BCUT2D eigenvalue weighted by molar-refractivity contribution is -0.136. The van der Waals surface area contributed by atoms with Crippen LogP contribution >= 0.6 is 0 Å². The topological polar surface area (TPSA) is 130 Å². The van der Waals surface area contributed by atoms with Gasteiger partial charge in [-0.05, 0) is 75.1 Å². The number of para-hydroxylation sites is 1.